The fraction of sp³-hybridized carbons (Fsp3) is 0.263. The number of fused-ring (bicyclic) bond motifs is 1. The third kappa shape index (κ3) is 4.38. The number of benzene rings is 2. The molecule has 1 N–H and O–H groups in total. The van der Waals surface area contributed by atoms with Gasteiger partial charge in [0.1, 0.15) is 5.52 Å². The lowest BCUT2D eigenvalue weighted by molar-refractivity contribution is -0.113. The molecule has 3 aromatic rings. The zero-order valence-electron chi connectivity index (χ0n) is 13.6. The Kier molecular flexibility index (Phi) is 5.54. The van der Waals surface area contributed by atoms with Crippen molar-refractivity contribution in [1.82, 2.24) is 4.98 Å². The highest BCUT2D eigenvalue weighted by atomic mass is 32.2. The van der Waals surface area contributed by atoms with Gasteiger partial charge in [-0.2, -0.15) is 0 Å². The predicted octanol–water partition coefficient (Wildman–Crippen LogP) is 4.90. The van der Waals surface area contributed by atoms with Crippen LogP contribution in [-0.4, -0.2) is 16.6 Å². The molecule has 0 fully saturated rings. The van der Waals surface area contributed by atoms with E-state index in [1.807, 2.05) is 36.4 Å². The molecule has 0 atom stereocenters. The first-order valence-corrected chi connectivity index (χ1v) is 9.10. The van der Waals surface area contributed by atoms with Crippen LogP contribution in [0.4, 0.5) is 5.69 Å². The largest absolute Gasteiger partial charge is 0.431 e. The van der Waals surface area contributed by atoms with E-state index in [-0.39, 0.29) is 11.7 Å². The number of aromatic nitrogens is 1. The summed E-state index contributed by atoms with van der Waals surface area (Å²) in [5.41, 5.74) is 3.67. The monoisotopic (exact) mass is 340 g/mol. The van der Waals surface area contributed by atoms with Gasteiger partial charge in [-0.3, -0.25) is 4.79 Å². The zero-order valence-corrected chi connectivity index (χ0v) is 14.4. The molecule has 0 unspecified atom stereocenters. The highest BCUT2D eigenvalue weighted by molar-refractivity contribution is 7.99. The number of anilines is 1. The standard InChI is InChI=1S/C19H20N2O2S/c1-2-3-6-14-9-11-15(12-10-14)20-18(22)13-24-19-21-16-7-4-5-8-17(16)23-19/h4-5,7-12H,2-3,6,13H2,1H3,(H,20,22). The van der Waals surface area contributed by atoms with Crippen LogP contribution in [0.5, 0.6) is 0 Å². The quantitative estimate of drug-likeness (QED) is 0.621. The normalized spacial score (nSPS) is 10.9. The summed E-state index contributed by atoms with van der Waals surface area (Å²) < 4.78 is 5.59. The van der Waals surface area contributed by atoms with Crippen LogP contribution in [0.2, 0.25) is 0 Å². The van der Waals surface area contributed by atoms with Crippen LogP contribution in [0.1, 0.15) is 25.3 Å². The first-order valence-electron chi connectivity index (χ1n) is 8.12. The summed E-state index contributed by atoms with van der Waals surface area (Å²) in [4.78, 5) is 16.4. The van der Waals surface area contributed by atoms with E-state index in [0.717, 1.165) is 23.2 Å². The van der Waals surface area contributed by atoms with Crippen LogP contribution in [0.3, 0.4) is 0 Å². The number of amides is 1. The van der Waals surface area contributed by atoms with E-state index in [1.165, 1.54) is 30.2 Å². The molecule has 0 aliphatic rings. The second-order valence-corrected chi connectivity index (χ2v) is 6.51. The van der Waals surface area contributed by atoms with E-state index < -0.39 is 0 Å². The smallest absolute Gasteiger partial charge is 0.257 e. The number of rotatable bonds is 7. The molecule has 4 nitrogen and oxygen atoms in total. The van der Waals surface area contributed by atoms with Gasteiger partial charge in [-0.05, 0) is 42.7 Å². The van der Waals surface area contributed by atoms with Gasteiger partial charge in [0.2, 0.25) is 5.91 Å². The second-order valence-electron chi connectivity index (χ2n) is 5.58. The third-order valence-electron chi connectivity index (χ3n) is 3.66. The van der Waals surface area contributed by atoms with E-state index in [2.05, 4.69) is 29.4 Å². The van der Waals surface area contributed by atoms with Crippen molar-refractivity contribution in [3.05, 3.63) is 54.1 Å². The number of carbonyl (C=O) groups is 1. The Morgan fingerprint density at radius 3 is 2.71 bits per heavy atom. The van der Waals surface area contributed by atoms with Gasteiger partial charge in [-0.1, -0.05) is 49.4 Å². The van der Waals surface area contributed by atoms with Crippen molar-refractivity contribution in [2.45, 2.75) is 31.4 Å². The molecule has 0 bridgehead atoms. The summed E-state index contributed by atoms with van der Waals surface area (Å²) in [6.07, 6.45) is 3.46. The van der Waals surface area contributed by atoms with Crippen molar-refractivity contribution in [3.8, 4) is 0 Å². The Morgan fingerprint density at radius 1 is 1.17 bits per heavy atom. The summed E-state index contributed by atoms with van der Waals surface area (Å²) in [6.45, 7) is 2.18. The zero-order chi connectivity index (χ0) is 16.8. The molecular weight excluding hydrogens is 320 g/mol. The summed E-state index contributed by atoms with van der Waals surface area (Å²) in [7, 11) is 0. The van der Waals surface area contributed by atoms with Crippen LogP contribution < -0.4 is 5.32 Å². The molecule has 5 heteroatoms. The SMILES string of the molecule is CCCCc1ccc(NC(=O)CSc2nc3ccccc3o2)cc1. The summed E-state index contributed by atoms with van der Waals surface area (Å²) in [5, 5.41) is 3.42. The molecule has 1 heterocycles. The van der Waals surface area contributed by atoms with Crippen LogP contribution in [0.25, 0.3) is 11.1 Å². The summed E-state index contributed by atoms with van der Waals surface area (Å²) in [5.74, 6) is 0.202. The Labute approximate surface area is 145 Å². The number of hydrogen-bond acceptors (Lipinski definition) is 4. The molecule has 1 amide bonds. The van der Waals surface area contributed by atoms with Crippen LogP contribution in [0, 0.1) is 0 Å². The first-order chi connectivity index (χ1) is 11.7. The van der Waals surface area contributed by atoms with Gasteiger partial charge >= 0.3 is 0 Å². The maximum Gasteiger partial charge on any atom is 0.257 e. The highest BCUT2D eigenvalue weighted by Crippen LogP contribution is 2.23. The fourth-order valence-corrected chi connectivity index (χ4v) is 3.01. The van der Waals surface area contributed by atoms with Gasteiger partial charge in [0.15, 0.2) is 5.58 Å². The Balaban J connectivity index is 1.51. The number of nitrogens with one attached hydrogen (secondary N) is 1. The van der Waals surface area contributed by atoms with Crippen LogP contribution in [0.15, 0.2) is 58.2 Å². The number of carbonyl (C=O) groups excluding carboxylic acids is 1. The second kappa shape index (κ2) is 8.02. The van der Waals surface area contributed by atoms with Gasteiger partial charge < -0.3 is 9.73 Å². The van der Waals surface area contributed by atoms with Crippen LogP contribution >= 0.6 is 11.8 Å². The molecule has 24 heavy (non-hydrogen) atoms. The number of aryl methyl sites for hydroxylation is 1. The van der Waals surface area contributed by atoms with E-state index in [4.69, 9.17) is 4.42 Å². The number of thioether (sulfide) groups is 1. The molecule has 0 saturated heterocycles. The van der Waals surface area contributed by atoms with Gasteiger partial charge in [0.25, 0.3) is 5.22 Å². The van der Waals surface area contributed by atoms with E-state index in [9.17, 15) is 4.79 Å². The lowest BCUT2D eigenvalue weighted by Gasteiger charge is -2.05. The van der Waals surface area contributed by atoms with E-state index in [1.54, 1.807) is 0 Å². The minimum Gasteiger partial charge on any atom is -0.431 e. The summed E-state index contributed by atoms with van der Waals surface area (Å²) >= 11 is 1.30. The first kappa shape index (κ1) is 16.6. The molecule has 124 valence electrons. The van der Waals surface area contributed by atoms with Gasteiger partial charge in [0.05, 0.1) is 5.75 Å². The van der Waals surface area contributed by atoms with E-state index >= 15 is 0 Å². The Morgan fingerprint density at radius 2 is 1.96 bits per heavy atom. The van der Waals surface area contributed by atoms with Gasteiger partial charge in [-0.25, -0.2) is 4.98 Å². The van der Waals surface area contributed by atoms with Crippen molar-refractivity contribution >= 4 is 34.5 Å². The number of oxazole rings is 1. The Hall–Kier alpha value is -2.27. The number of unbranched alkanes of at least 4 members (excludes halogenated alkanes) is 1. The average Bonchev–Trinajstić information content (AvgIpc) is 3.02. The van der Waals surface area contributed by atoms with Gasteiger partial charge in [-0.15, -0.1) is 0 Å². The number of nitrogens with zero attached hydrogens (tertiary/aromatic N) is 1. The maximum absolute atomic E-state index is 12.1. The molecule has 0 aliphatic heterocycles. The lowest BCUT2D eigenvalue weighted by Crippen LogP contribution is -2.13. The average molecular weight is 340 g/mol. The molecule has 0 spiro atoms. The van der Waals surface area contributed by atoms with E-state index in [0.29, 0.717) is 5.22 Å². The predicted molar refractivity (Wildman–Crippen MR) is 98.4 cm³/mol. The van der Waals surface area contributed by atoms with Crippen molar-refractivity contribution in [3.63, 3.8) is 0 Å². The van der Waals surface area contributed by atoms with Crippen molar-refractivity contribution < 1.29 is 9.21 Å². The lowest BCUT2D eigenvalue weighted by atomic mass is 10.1. The number of para-hydroxylation sites is 2. The van der Waals surface area contributed by atoms with Crippen molar-refractivity contribution in [1.29, 1.82) is 0 Å². The van der Waals surface area contributed by atoms with Gasteiger partial charge in [0, 0.05) is 5.69 Å². The molecule has 1 aromatic heterocycles. The molecule has 0 aliphatic carbocycles. The minimum absolute atomic E-state index is 0.0661. The highest BCUT2D eigenvalue weighted by Gasteiger charge is 2.09. The minimum atomic E-state index is -0.0661. The number of hydrogen-bond donors (Lipinski definition) is 1. The Bertz CT molecular complexity index is 779. The molecule has 3 rings (SSSR count). The third-order valence-corrected chi connectivity index (χ3v) is 4.49. The maximum atomic E-state index is 12.1. The van der Waals surface area contributed by atoms with Crippen molar-refractivity contribution in [2.75, 3.05) is 11.1 Å². The molecule has 0 saturated carbocycles. The molecular formula is C19H20N2O2S. The summed E-state index contributed by atoms with van der Waals surface area (Å²) in [6, 6.07) is 15.6. The molecule has 2 aromatic carbocycles. The van der Waals surface area contributed by atoms with Crippen molar-refractivity contribution in [2.24, 2.45) is 0 Å². The molecule has 0 radical (unpaired) electrons. The fourth-order valence-electron chi connectivity index (χ4n) is 2.37. The topological polar surface area (TPSA) is 55.1 Å². The van der Waals surface area contributed by atoms with Crippen LogP contribution in [-0.2, 0) is 11.2 Å².